The van der Waals surface area contributed by atoms with Gasteiger partial charge in [0.25, 0.3) is 0 Å². The van der Waals surface area contributed by atoms with E-state index in [9.17, 15) is 0 Å². The second kappa shape index (κ2) is 4.29. The third-order valence-electron chi connectivity index (χ3n) is 1.49. The molecule has 2 rings (SSSR count). The number of rotatable bonds is 0. The zero-order valence-corrected chi connectivity index (χ0v) is 7.82. The summed E-state index contributed by atoms with van der Waals surface area (Å²) < 4.78 is 0. The quantitative estimate of drug-likeness (QED) is 0.578. The van der Waals surface area contributed by atoms with Crippen molar-refractivity contribution in [1.29, 1.82) is 0 Å². The van der Waals surface area contributed by atoms with Crippen molar-refractivity contribution < 1.29 is 0 Å². The van der Waals surface area contributed by atoms with Crippen LogP contribution in [0.4, 0.5) is 0 Å². The Morgan fingerprint density at radius 1 is 1.45 bits per heavy atom. The van der Waals surface area contributed by atoms with E-state index in [4.69, 9.17) is 0 Å². The Labute approximate surface area is 71.8 Å². The minimum Gasteiger partial charge on any atom is -0.245 e. The SMILES string of the molecule is C1=Cc2ncsc2CC1.CC. The van der Waals surface area contributed by atoms with Crippen molar-refractivity contribution >= 4 is 17.4 Å². The summed E-state index contributed by atoms with van der Waals surface area (Å²) in [6.07, 6.45) is 6.67. The zero-order chi connectivity index (χ0) is 8.10. The van der Waals surface area contributed by atoms with E-state index in [1.807, 2.05) is 19.4 Å². The third kappa shape index (κ3) is 1.90. The fraction of sp³-hybridized carbons (Fsp3) is 0.444. The fourth-order valence-corrected chi connectivity index (χ4v) is 1.78. The highest BCUT2D eigenvalue weighted by Gasteiger charge is 2.04. The molecule has 0 unspecified atom stereocenters. The van der Waals surface area contributed by atoms with Crippen LogP contribution in [0, 0.1) is 0 Å². The molecule has 1 aromatic heterocycles. The van der Waals surface area contributed by atoms with Crippen LogP contribution in [0.15, 0.2) is 11.6 Å². The summed E-state index contributed by atoms with van der Waals surface area (Å²) in [5, 5.41) is 0. The number of thiazole rings is 1. The highest BCUT2D eigenvalue weighted by Crippen LogP contribution is 2.20. The van der Waals surface area contributed by atoms with Gasteiger partial charge in [-0.15, -0.1) is 11.3 Å². The van der Waals surface area contributed by atoms with Crippen LogP contribution in [0.5, 0.6) is 0 Å². The number of hydrogen-bond donors (Lipinski definition) is 0. The van der Waals surface area contributed by atoms with Crippen LogP contribution in [-0.4, -0.2) is 4.98 Å². The van der Waals surface area contributed by atoms with Gasteiger partial charge >= 0.3 is 0 Å². The molecule has 1 aromatic rings. The number of nitrogens with zero attached hydrogens (tertiary/aromatic N) is 1. The van der Waals surface area contributed by atoms with E-state index in [1.165, 1.54) is 23.4 Å². The van der Waals surface area contributed by atoms with E-state index in [2.05, 4.69) is 17.1 Å². The smallest absolute Gasteiger partial charge is 0.0801 e. The largest absolute Gasteiger partial charge is 0.245 e. The van der Waals surface area contributed by atoms with Gasteiger partial charge in [-0.25, -0.2) is 4.98 Å². The Kier molecular flexibility index (Phi) is 3.30. The van der Waals surface area contributed by atoms with Gasteiger partial charge in [-0.05, 0) is 18.9 Å². The van der Waals surface area contributed by atoms with Crippen LogP contribution < -0.4 is 0 Å². The fourth-order valence-electron chi connectivity index (χ4n) is 1.01. The van der Waals surface area contributed by atoms with Crippen molar-refractivity contribution in [3.8, 4) is 0 Å². The molecule has 0 atom stereocenters. The molecule has 1 aliphatic carbocycles. The molecule has 0 saturated carbocycles. The lowest BCUT2D eigenvalue weighted by Crippen LogP contribution is -1.87. The first-order valence-electron chi connectivity index (χ1n) is 4.06. The van der Waals surface area contributed by atoms with Gasteiger partial charge in [-0.1, -0.05) is 19.9 Å². The van der Waals surface area contributed by atoms with Crippen molar-refractivity contribution in [3.05, 3.63) is 22.2 Å². The molecule has 0 radical (unpaired) electrons. The van der Waals surface area contributed by atoms with E-state index in [-0.39, 0.29) is 0 Å². The molecule has 1 aliphatic rings. The summed E-state index contributed by atoms with van der Waals surface area (Å²) in [7, 11) is 0. The van der Waals surface area contributed by atoms with Crippen molar-refractivity contribution in [2.45, 2.75) is 26.7 Å². The van der Waals surface area contributed by atoms with Gasteiger partial charge in [0.05, 0.1) is 11.2 Å². The topological polar surface area (TPSA) is 12.9 Å². The monoisotopic (exact) mass is 167 g/mol. The van der Waals surface area contributed by atoms with Crippen LogP contribution in [0.1, 0.15) is 30.8 Å². The van der Waals surface area contributed by atoms with Crippen molar-refractivity contribution in [1.82, 2.24) is 4.98 Å². The van der Waals surface area contributed by atoms with Crippen LogP contribution in [0.3, 0.4) is 0 Å². The molecule has 11 heavy (non-hydrogen) atoms. The normalized spacial score (nSPS) is 13.3. The lowest BCUT2D eigenvalue weighted by Gasteiger charge is -1.99. The second-order valence-electron chi connectivity index (χ2n) is 2.10. The van der Waals surface area contributed by atoms with E-state index < -0.39 is 0 Å². The first-order valence-corrected chi connectivity index (χ1v) is 4.94. The van der Waals surface area contributed by atoms with Gasteiger partial charge < -0.3 is 0 Å². The molecule has 0 saturated heterocycles. The molecule has 0 fully saturated rings. The molecule has 60 valence electrons. The number of aromatic nitrogens is 1. The molecule has 0 aliphatic heterocycles. The molecular formula is C9H13NS. The minimum absolute atomic E-state index is 1.19. The molecule has 0 bridgehead atoms. The van der Waals surface area contributed by atoms with E-state index in [0.29, 0.717) is 0 Å². The molecule has 0 N–H and O–H groups in total. The summed E-state index contributed by atoms with van der Waals surface area (Å²) in [6, 6.07) is 0. The lowest BCUT2D eigenvalue weighted by molar-refractivity contribution is 1.00. The molecule has 0 spiro atoms. The van der Waals surface area contributed by atoms with E-state index in [1.54, 1.807) is 11.3 Å². The Morgan fingerprint density at radius 3 is 3.00 bits per heavy atom. The number of hydrogen-bond acceptors (Lipinski definition) is 2. The molecule has 0 amide bonds. The Balaban J connectivity index is 0.000000281. The predicted molar refractivity (Wildman–Crippen MR) is 50.8 cm³/mol. The highest BCUT2D eigenvalue weighted by atomic mass is 32.1. The Bertz CT molecular complexity index is 237. The van der Waals surface area contributed by atoms with Gasteiger partial charge in [-0.3, -0.25) is 0 Å². The Hall–Kier alpha value is -0.630. The molecule has 2 heteroatoms. The first kappa shape index (κ1) is 8.47. The summed E-state index contributed by atoms with van der Waals surface area (Å²) >= 11 is 1.76. The van der Waals surface area contributed by atoms with Crippen molar-refractivity contribution in [2.75, 3.05) is 0 Å². The van der Waals surface area contributed by atoms with Crippen LogP contribution in [0.25, 0.3) is 6.08 Å². The average molecular weight is 167 g/mol. The maximum atomic E-state index is 4.19. The van der Waals surface area contributed by atoms with E-state index >= 15 is 0 Å². The second-order valence-corrected chi connectivity index (χ2v) is 3.04. The van der Waals surface area contributed by atoms with Crippen molar-refractivity contribution in [3.63, 3.8) is 0 Å². The predicted octanol–water partition coefficient (Wildman–Crippen LogP) is 3.13. The Morgan fingerprint density at radius 2 is 2.27 bits per heavy atom. The molecule has 1 nitrogen and oxygen atoms in total. The lowest BCUT2D eigenvalue weighted by atomic mass is 10.1. The van der Waals surface area contributed by atoms with Crippen LogP contribution in [-0.2, 0) is 6.42 Å². The summed E-state index contributed by atoms with van der Waals surface area (Å²) in [5.41, 5.74) is 3.10. The maximum Gasteiger partial charge on any atom is 0.0801 e. The van der Waals surface area contributed by atoms with Gasteiger partial charge in [0.2, 0.25) is 0 Å². The van der Waals surface area contributed by atoms with E-state index in [0.717, 1.165) is 0 Å². The maximum absolute atomic E-state index is 4.19. The van der Waals surface area contributed by atoms with Crippen LogP contribution in [0.2, 0.25) is 0 Å². The average Bonchev–Trinajstić information content (AvgIpc) is 2.55. The summed E-state index contributed by atoms with van der Waals surface area (Å²) in [4.78, 5) is 5.63. The number of fused-ring (bicyclic) bond motifs is 1. The highest BCUT2D eigenvalue weighted by molar-refractivity contribution is 7.09. The standard InChI is InChI=1S/C7H7NS.C2H6/c1-2-4-7-6(3-1)8-5-9-7;1-2/h1,3,5H,2,4H2;1-2H3. The zero-order valence-electron chi connectivity index (χ0n) is 7.00. The van der Waals surface area contributed by atoms with Gasteiger partial charge in [0.1, 0.15) is 0 Å². The summed E-state index contributed by atoms with van der Waals surface area (Å²) in [6.45, 7) is 4.00. The van der Waals surface area contributed by atoms with Crippen molar-refractivity contribution in [2.24, 2.45) is 0 Å². The molecule has 0 aromatic carbocycles. The number of allylic oxidation sites excluding steroid dienone is 1. The third-order valence-corrected chi connectivity index (χ3v) is 2.39. The minimum atomic E-state index is 1.19. The van der Waals surface area contributed by atoms with Crippen LogP contribution >= 0.6 is 11.3 Å². The van der Waals surface area contributed by atoms with Gasteiger partial charge in [0.15, 0.2) is 0 Å². The van der Waals surface area contributed by atoms with Gasteiger partial charge in [-0.2, -0.15) is 0 Å². The molecular weight excluding hydrogens is 154 g/mol. The first-order chi connectivity index (χ1) is 5.47. The molecule has 1 heterocycles. The summed E-state index contributed by atoms with van der Waals surface area (Å²) in [5.74, 6) is 0. The van der Waals surface area contributed by atoms with Gasteiger partial charge in [0, 0.05) is 4.88 Å². The number of aryl methyl sites for hydroxylation is 1.